The molecule has 0 amide bonds. The minimum Gasteiger partial charge on any atom is -0.355 e. The summed E-state index contributed by atoms with van der Waals surface area (Å²) in [6.45, 7) is 5.65. The number of rotatable bonds is 8. The van der Waals surface area contributed by atoms with Crippen LogP contribution in [0.2, 0.25) is 0 Å². The Hall–Kier alpha value is -0.870. The number of hydrogen-bond donors (Lipinski definition) is 2. The van der Waals surface area contributed by atoms with E-state index in [9.17, 15) is 8.42 Å². The van der Waals surface area contributed by atoms with Gasteiger partial charge in [0.1, 0.15) is 0 Å². The Balaban J connectivity index is 0.00000484. The van der Waals surface area contributed by atoms with Crippen LogP contribution in [0.25, 0.3) is 0 Å². The molecule has 0 saturated heterocycles. The van der Waals surface area contributed by atoms with Gasteiger partial charge in [0, 0.05) is 33.2 Å². The fourth-order valence-corrected chi connectivity index (χ4v) is 3.45. The number of halogens is 1. The summed E-state index contributed by atoms with van der Waals surface area (Å²) in [6.07, 6.45) is 0. The molecule has 132 valence electrons. The van der Waals surface area contributed by atoms with Crippen molar-refractivity contribution >= 4 is 40.0 Å². The van der Waals surface area contributed by atoms with Gasteiger partial charge in [-0.25, -0.2) is 12.7 Å². The van der Waals surface area contributed by atoms with Crippen LogP contribution in [0.15, 0.2) is 35.3 Å². The zero-order valence-corrected chi connectivity index (χ0v) is 17.1. The number of nitrogens with zero attached hydrogens (tertiary/aromatic N) is 2. The van der Waals surface area contributed by atoms with Gasteiger partial charge in [0.2, 0.25) is 10.0 Å². The first kappa shape index (κ1) is 22.1. The fourth-order valence-electron chi connectivity index (χ4n) is 2.05. The summed E-state index contributed by atoms with van der Waals surface area (Å²) in [4.78, 5) is 4.09. The van der Waals surface area contributed by atoms with Gasteiger partial charge in [0.25, 0.3) is 0 Å². The van der Waals surface area contributed by atoms with E-state index in [1.165, 1.54) is 4.31 Å². The van der Waals surface area contributed by atoms with Gasteiger partial charge in [0.15, 0.2) is 5.96 Å². The molecule has 0 saturated carbocycles. The summed E-state index contributed by atoms with van der Waals surface area (Å²) in [5.74, 6) is 0.652. The Morgan fingerprint density at radius 1 is 1.13 bits per heavy atom. The lowest BCUT2D eigenvalue weighted by Crippen LogP contribution is -2.41. The van der Waals surface area contributed by atoms with Gasteiger partial charge in [-0.1, -0.05) is 44.2 Å². The minimum atomic E-state index is -3.21. The van der Waals surface area contributed by atoms with Crippen molar-refractivity contribution in [3.05, 3.63) is 35.9 Å². The van der Waals surface area contributed by atoms with Crippen molar-refractivity contribution in [2.24, 2.45) is 4.99 Å². The van der Waals surface area contributed by atoms with Crippen LogP contribution in [0.5, 0.6) is 0 Å². The minimum absolute atomic E-state index is 0. The number of benzene rings is 1. The lowest BCUT2D eigenvalue weighted by Gasteiger charge is -2.19. The second-order valence-electron chi connectivity index (χ2n) is 4.74. The smallest absolute Gasteiger partial charge is 0.215 e. The molecular formula is C15H27IN4O2S. The molecule has 0 bridgehead atoms. The van der Waals surface area contributed by atoms with Crippen LogP contribution in [-0.4, -0.2) is 51.1 Å². The topological polar surface area (TPSA) is 73.8 Å². The van der Waals surface area contributed by atoms with Crippen LogP contribution in [0, 0.1) is 0 Å². The number of sulfonamides is 1. The maximum Gasteiger partial charge on any atom is 0.215 e. The van der Waals surface area contributed by atoms with Crippen molar-refractivity contribution in [3.63, 3.8) is 0 Å². The first-order valence-electron chi connectivity index (χ1n) is 7.49. The SMILES string of the molecule is CCN(CC)S(=O)(=O)CCNC(=NC)NCc1ccccc1.I. The Kier molecular flexibility index (Phi) is 11.2. The third kappa shape index (κ3) is 7.98. The molecule has 0 atom stereocenters. The molecule has 1 aromatic rings. The van der Waals surface area contributed by atoms with Gasteiger partial charge in [-0.2, -0.15) is 0 Å². The molecule has 0 fully saturated rings. The predicted octanol–water partition coefficient (Wildman–Crippen LogP) is 1.64. The molecule has 0 radical (unpaired) electrons. The van der Waals surface area contributed by atoms with Gasteiger partial charge < -0.3 is 10.6 Å². The molecular weight excluding hydrogens is 427 g/mol. The van der Waals surface area contributed by atoms with E-state index in [4.69, 9.17) is 0 Å². The molecule has 1 aromatic carbocycles. The highest BCUT2D eigenvalue weighted by atomic mass is 127. The second kappa shape index (κ2) is 11.6. The number of guanidine groups is 1. The van der Waals surface area contributed by atoms with E-state index in [0.29, 0.717) is 32.1 Å². The number of nitrogens with one attached hydrogen (secondary N) is 2. The predicted molar refractivity (Wildman–Crippen MR) is 107 cm³/mol. The van der Waals surface area contributed by atoms with Crippen LogP contribution in [0.1, 0.15) is 19.4 Å². The van der Waals surface area contributed by atoms with Crippen molar-refractivity contribution in [1.29, 1.82) is 0 Å². The van der Waals surface area contributed by atoms with Crippen molar-refractivity contribution < 1.29 is 8.42 Å². The average molecular weight is 454 g/mol. The summed E-state index contributed by atoms with van der Waals surface area (Å²) in [6, 6.07) is 9.96. The molecule has 0 aliphatic carbocycles. The number of aliphatic imine (C=N–C) groups is 1. The average Bonchev–Trinajstić information content (AvgIpc) is 2.52. The van der Waals surface area contributed by atoms with Crippen LogP contribution in [0.4, 0.5) is 0 Å². The molecule has 6 nitrogen and oxygen atoms in total. The highest BCUT2D eigenvalue weighted by Crippen LogP contribution is 2.00. The van der Waals surface area contributed by atoms with Crippen LogP contribution >= 0.6 is 24.0 Å². The zero-order chi connectivity index (χ0) is 16.4. The normalized spacial score (nSPS) is 11.9. The maximum atomic E-state index is 12.1. The Morgan fingerprint density at radius 3 is 2.26 bits per heavy atom. The first-order chi connectivity index (χ1) is 10.5. The van der Waals surface area contributed by atoms with E-state index in [-0.39, 0.29) is 29.7 Å². The largest absolute Gasteiger partial charge is 0.355 e. The van der Waals surface area contributed by atoms with Crippen molar-refractivity contribution in [2.75, 3.05) is 32.4 Å². The van der Waals surface area contributed by atoms with Gasteiger partial charge in [-0.05, 0) is 5.56 Å². The molecule has 0 aliphatic heterocycles. The van der Waals surface area contributed by atoms with E-state index in [2.05, 4.69) is 15.6 Å². The molecule has 1 rings (SSSR count). The van der Waals surface area contributed by atoms with E-state index >= 15 is 0 Å². The van der Waals surface area contributed by atoms with Gasteiger partial charge in [0.05, 0.1) is 5.75 Å². The van der Waals surface area contributed by atoms with E-state index < -0.39 is 10.0 Å². The zero-order valence-electron chi connectivity index (χ0n) is 13.9. The lowest BCUT2D eigenvalue weighted by atomic mass is 10.2. The quantitative estimate of drug-likeness (QED) is 0.356. The van der Waals surface area contributed by atoms with E-state index in [0.717, 1.165) is 5.56 Å². The highest BCUT2D eigenvalue weighted by molar-refractivity contribution is 14.0. The van der Waals surface area contributed by atoms with E-state index in [1.54, 1.807) is 7.05 Å². The lowest BCUT2D eigenvalue weighted by molar-refractivity contribution is 0.445. The molecule has 23 heavy (non-hydrogen) atoms. The first-order valence-corrected chi connectivity index (χ1v) is 9.10. The van der Waals surface area contributed by atoms with Crippen molar-refractivity contribution in [1.82, 2.24) is 14.9 Å². The van der Waals surface area contributed by atoms with Gasteiger partial charge >= 0.3 is 0 Å². The molecule has 0 aromatic heterocycles. The van der Waals surface area contributed by atoms with E-state index in [1.807, 2.05) is 44.2 Å². The third-order valence-electron chi connectivity index (χ3n) is 3.28. The van der Waals surface area contributed by atoms with Gasteiger partial charge in [-0.3, -0.25) is 4.99 Å². The van der Waals surface area contributed by atoms with Gasteiger partial charge in [-0.15, -0.1) is 24.0 Å². The Morgan fingerprint density at radius 2 is 1.74 bits per heavy atom. The molecule has 0 heterocycles. The summed E-state index contributed by atoms with van der Waals surface area (Å²) in [7, 11) is -1.54. The van der Waals surface area contributed by atoms with Crippen LogP contribution < -0.4 is 10.6 Å². The second-order valence-corrected chi connectivity index (χ2v) is 6.83. The third-order valence-corrected chi connectivity index (χ3v) is 5.30. The fraction of sp³-hybridized carbons (Fsp3) is 0.533. The molecule has 0 aliphatic rings. The number of hydrogen-bond acceptors (Lipinski definition) is 3. The highest BCUT2D eigenvalue weighted by Gasteiger charge is 2.18. The monoisotopic (exact) mass is 454 g/mol. The summed E-state index contributed by atoms with van der Waals surface area (Å²) in [5.41, 5.74) is 1.14. The Labute approximate surface area is 156 Å². The molecule has 2 N–H and O–H groups in total. The standard InChI is InChI=1S/C15H26N4O2S.HI/c1-4-19(5-2)22(20,21)12-11-17-15(16-3)18-13-14-9-7-6-8-10-14;/h6-10H,4-5,11-13H2,1-3H3,(H2,16,17,18);1H. The summed E-state index contributed by atoms with van der Waals surface area (Å²) >= 11 is 0. The molecule has 0 unspecified atom stereocenters. The van der Waals surface area contributed by atoms with Crippen LogP contribution in [0.3, 0.4) is 0 Å². The van der Waals surface area contributed by atoms with Crippen LogP contribution in [-0.2, 0) is 16.6 Å². The van der Waals surface area contributed by atoms with Crippen molar-refractivity contribution in [2.45, 2.75) is 20.4 Å². The summed E-state index contributed by atoms with van der Waals surface area (Å²) < 4.78 is 25.6. The van der Waals surface area contributed by atoms with Crippen molar-refractivity contribution in [3.8, 4) is 0 Å². The summed E-state index contributed by atoms with van der Waals surface area (Å²) in [5, 5.41) is 6.19. The maximum absolute atomic E-state index is 12.1. The molecule has 8 heteroatoms. The molecule has 0 spiro atoms. The Bertz CT molecular complexity index is 560.